The second-order valence-electron chi connectivity index (χ2n) is 6.66. The van der Waals surface area contributed by atoms with Crippen LogP contribution in [0.3, 0.4) is 0 Å². The molecule has 4 rings (SSSR count). The Bertz CT molecular complexity index is 715. The SMILES string of the molecule is Cc1cc(C2C[C@H]3CC[C@@H](C2)N3C(=O)c2ccon2)ccc1F. The van der Waals surface area contributed by atoms with Gasteiger partial charge in [0, 0.05) is 18.2 Å². The van der Waals surface area contributed by atoms with Gasteiger partial charge in [0.25, 0.3) is 5.91 Å². The summed E-state index contributed by atoms with van der Waals surface area (Å²) >= 11 is 0. The number of carbonyl (C=O) groups excluding carboxylic acids is 1. The molecular formula is C18H19FN2O2. The van der Waals surface area contributed by atoms with Gasteiger partial charge < -0.3 is 9.42 Å². The maximum absolute atomic E-state index is 13.5. The Kier molecular flexibility index (Phi) is 3.43. The highest BCUT2D eigenvalue weighted by Gasteiger charge is 2.44. The number of nitrogens with zero attached hydrogens (tertiary/aromatic N) is 2. The third-order valence-electron chi connectivity index (χ3n) is 5.28. The van der Waals surface area contributed by atoms with Crippen molar-refractivity contribution in [1.29, 1.82) is 0 Å². The van der Waals surface area contributed by atoms with Crippen LogP contribution in [0.4, 0.5) is 4.39 Å². The fraction of sp³-hybridized carbons (Fsp3) is 0.444. The summed E-state index contributed by atoms with van der Waals surface area (Å²) in [5.41, 5.74) is 2.27. The van der Waals surface area contributed by atoms with Gasteiger partial charge in [-0.2, -0.15) is 0 Å². The van der Waals surface area contributed by atoms with Crippen LogP contribution in [0.25, 0.3) is 0 Å². The molecule has 120 valence electrons. The van der Waals surface area contributed by atoms with E-state index >= 15 is 0 Å². The molecule has 0 saturated carbocycles. The quantitative estimate of drug-likeness (QED) is 0.849. The predicted molar refractivity (Wildman–Crippen MR) is 82.6 cm³/mol. The number of halogens is 1. The molecule has 3 atom stereocenters. The van der Waals surface area contributed by atoms with E-state index in [2.05, 4.69) is 5.16 Å². The molecular weight excluding hydrogens is 295 g/mol. The van der Waals surface area contributed by atoms with Gasteiger partial charge in [-0.3, -0.25) is 4.79 Å². The third-order valence-corrected chi connectivity index (χ3v) is 5.28. The van der Waals surface area contributed by atoms with Crippen molar-refractivity contribution >= 4 is 5.91 Å². The summed E-state index contributed by atoms with van der Waals surface area (Å²) in [5.74, 6) is 0.212. The molecule has 3 heterocycles. The second-order valence-corrected chi connectivity index (χ2v) is 6.66. The van der Waals surface area contributed by atoms with Crippen molar-refractivity contribution in [3.63, 3.8) is 0 Å². The molecule has 0 N–H and O–H groups in total. The monoisotopic (exact) mass is 314 g/mol. The highest BCUT2D eigenvalue weighted by Crippen LogP contribution is 2.43. The lowest BCUT2D eigenvalue weighted by Crippen LogP contribution is -2.46. The molecule has 1 aromatic heterocycles. The van der Waals surface area contributed by atoms with Crippen LogP contribution < -0.4 is 0 Å². The summed E-state index contributed by atoms with van der Waals surface area (Å²) in [6, 6.07) is 7.51. The average Bonchev–Trinajstić information content (AvgIpc) is 3.16. The molecule has 2 aliphatic heterocycles. The van der Waals surface area contributed by atoms with E-state index in [1.807, 2.05) is 17.0 Å². The number of rotatable bonds is 2. The van der Waals surface area contributed by atoms with Gasteiger partial charge in [-0.05, 0) is 55.7 Å². The van der Waals surface area contributed by atoms with E-state index in [1.165, 1.54) is 11.8 Å². The molecule has 1 unspecified atom stereocenters. The molecule has 1 amide bonds. The number of fused-ring (bicyclic) bond motifs is 2. The highest BCUT2D eigenvalue weighted by atomic mass is 19.1. The van der Waals surface area contributed by atoms with E-state index in [-0.39, 0.29) is 23.8 Å². The van der Waals surface area contributed by atoms with Crippen molar-refractivity contribution in [2.75, 3.05) is 0 Å². The Balaban J connectivity index is 1.55. The first-order chi connectivity index (χ1) is 11.1. The summed E-state index contributed by atoms with van der Waals surface area (Å²) in [4.78, 5) is 14.6. The van der Waals surface area contributed by atoms with Gasteiger partial charge in [-0.25, -0.2) is 4.39 Å². The smallest absolute Gasteiger partial charge is 0.276 e. The Morgan fingerprint density at radius 2 is 2.00 bits per heavy atom. The largest absolute Gasteiger partial charge is 0.364 e. The zero-order chi connectivity index (χ0) is 16.0. The Morgan fingerprint density at radius 1 is 1.26 bits per heavy atom. The van der Waals surface area contributed by atoms with Crippen molar-refractivity contribution in [1.82, 2.24) is 10.1 Å². The minimum absolute atomic E-state index is 0.0278. The Hall–Kier alpha value is -2.17. The fourth-order valence-corrected chi connectivity index (χ4v) is 4.16. The number of piperidine rings is 1. The molecule has 2 fully saturated rings. The van der Waals surface area contributed by atoms with Gasteiger partial charge >= 0.3 is 0 Å². The van der Waals surface area contributed by atoms with Crippen LogP contribution in [0.1, 0.15) is 53.2 Å². The number of carbonyl (C=O) groups is 1. The number of hydrogen-bond acceptors (Lipinski definition) is 3. The van der Waals surface area contributed by atoms with Crippen molar-refractivity contribution in [3.05, 3.63) is 53.2 Å². The number of hydrogen-bond donors (Lipinski definition) is 0. The lowest BCUT2D eigenvalue weighted by molar-refractivity contribution is 0.0561. The normalized spacial score (nSPS) is 26.5. The van der Waals surface area contributed by atoms with Crippen LogP contribution in [0.2, 0.25) is 0 Å². The van der Waals surface area contributed by atoms with Gasteiger partial charge in [-0.15, -0.1) is 0 Å². The molecule has 0 radical (unpaired) electrons. The van der Waals surface area contributed by atoms with E-state index in [9.17, 15) is 9.18 Å². The van der Waals surface area contributed by atoms with Crippen LogP contribution in [0, 0.1) is 12.7 Å². The van der Waals surface area contributed by atoms with Crippen molar-refractivity contribution < 1.29 is 13.7 Å². The zero-order valence-corrected chi connectivity index (χ0v) is 13.0. The summed E-state index contributed by atoms with van der Waals surface area (Å²) in [6.45, 7) is 1.80. The zero-order valence-electron chi connectivity index (χ0n) is 13.0. The van der Waals surface area contributed by atoms with Crippen LogP contribution >= 0.6 is 0 Å². The third kappa shape index (κ3) is 2.44. The van der Waals surface area contributed by atoms with Crippen molar-refractivity contribution in [3.8, 4) is 0 Å². The predicted octanol–water partition coefficient (Wildman–Crippen LogP) is 3.67. The van der Waals surface area contributed by atoms with E-state index < -0.39 is 0 Å². The minimum Gasteiger partial charge on any atom is -0.364 e. The summed E-state index contributed by atoms with van der Waals surface area (Å²) in [5, 5.41) is 3.78. The fourth-order valence-electron chi connectivity index (χ4n) is 4.16. The minimum atomic E-state index is -0.157. The van der Waals surface area contributed by atoms with E-state index in [0.29, 0.717) is 17.2 Å². The van der Waals surface area contributed by atoms with Gasteiger partial charge in [0.2, 0.25) is 0 Å². The Labute approximate surface area is 134 Å². The first kappa shape index (κ1) is 14.4. The first-order valence-electron chi connectivity index (χ1n) is 8.12. The first-order valence-corrected chi connectivity index (χ1v) is 8.12. The lowest BCUT2D eigenvalue weighted by atomic mass is 9.84. The Morgan fingerprint density at radius 3 is 2.61 bits per heavy atom. The number of aromatic nitrogens is 1. The lowest BCUT2D eigenvalue weighted by Gasteiger charge is -2.39. The molecule has 2 saturated heterocycles. The maximum atomic E-state index is 13.5. The standard InChI is InChI=1S/C18H19FN2O2/c1-11-8-12(2-5-16(11)19)13-9-14-3-4-15(10-13)21(14)18(22)17-6-7-23-20-17/h2,5-8,13-15H,3-4,9-10H2,1H3/t13?,14-,15+. The highest BCUT2D eigenvalue weighted by molar-refractivity contribution is 5.92. The molecule has 2 bridgehead atoms. The van der Waals surface area contributed by atoms with E-state index in [1.54, 1.807) is 19.1 Å². The van der Waals surface area contributed by atoms with Gasteiger partial charge in [-0.1, -0.05) is 17.3 Å². The van der Waals surface area contributed by atoms with E-state index in [0.717, 1.165) is 25.7 Å². The molecule has 2 aromatic rings. The maximum Gasteiger partial charge on any atom is 0.276 e. The van der Waals surface area contributed by atoms with Crippen molar-refractivity contribution in [2.45, 2.75) is 50.6 Å². The molecule has 4 nitrogen and oxygen atoms in total. The van der Waals surface area contributed by atoms with Crippen LogP contribution in [0.15, 0.2) is 35.1 Å². The topological polar surface area (TPSA) is 46.3 Å². The summed E-state index contributed by atoms with van der Waals surface area (Å²) in [6.07, 6.45) is 5.37. The molecule has 2 aliphatic rings. The van der Waals surface area contributed by atoms with Crippen molar-refractivity contribution in [2.24, 2.45) is 0 Å². The average molecular weight is 314 g/mol. The molecule has 23 heavy (non-hydrogen) atoms. The molecule has 1 aromatic carbocycles. The van der Waals surface area contributed by atoms with Gasteiger partial charge in [0.15, 0.2) is 5.69 Å². The van der Waals surface area contributed by atoms with Gasteiger partial charge in [0.1, 0.15) is 12.1 Å². The number of benzene rings is 1. The van der Waals surface area contributed by atoms with Crippen LogP contribution in [0.5, 0.6) is 0 Å². The molecule has 0 spiro atoms. The number of aryl methyl sites for hydroxylation is 1. The van der Waals surface area contributed by atoms with Crippen LogP contribution in [-0.4, -0.2) is 28.0 Å². The second kappa shape index (κ2) is 5.48. The van der Waals surface area contributed by atoms with Gasteiger partial charge in [0.05, 0.1) is 0 Å². The van der Waals surface area contributed by atoms with Crippen LogP contribution in [-0.2, 0) is 0 Å². The molecule has 5 heteroatoms. The van der Waals surface area contributed by atoms with E-state index in [4.69, 9.17) is 4.52 Å². The summed E-state index contributed by atoms with van der Waals surface area (Å²) in [7, 11) is 0. The molecule has 0 aliphatic carbocycles. The number of amides is 1. The summed E-state index contributed by atoms with van der Waals surface area (Å²) < 4.78 is 18.3.